The van der Waals surface area contributed by atoms with Crippen molar-refractivity contribution in [2.45, 2.75) is 38.8 Å². The number of carbonyl (C=O) groups excluding carboxylic acids is 1. The molecule has 0 aliphatic carbocycles. The molecule has 5 heteroatoms. The number of hydrogen-bond acceptors (Lipinski definition) is 4. The molecule has 116 valence electrons. The zero-order valence-corrected chi connectivity index (χ0v) is 13.0. The molecule has 2 atom stereocenters. The largest absolute Gasteiger partial charge is 0.497 e. The lowest BCUT2D eigenvalue weighted by atomic mass is 10.1. The van der Waals surface area contributed by atoms with E-state index in [1.165, 1.54) is 0 Å². The number of likely N-dealkylation sites (tertiary alicyclic amines) is 1. The van der Waals surface area contributed by atoms with Gasteiger partial charge in [-0.25, -0.2) is 0 Å². The summed E-state index contributed by atoms with van der Waals surface area (Å²) in [6, 6.07) is 5.34. The average molecular weight is 292 g/mol. The molecular weight excluding hydrogens is 268 g/mol. The summed E-state index contributed by atoms with van der Waals surface area (Å²) in [5.41, 5.74) is 6.84. The second-order valence-corrected chi connectivity index (χ2v) is 5.48. The molecule has 1 amide bonds. The molecule has 1 aliphatic heterocycles. The zero-order valence-electron chi connectivity index (χ0n) is 13.0. The van der Waals surface area contributed by atoms with Gasteiger partial charge in [0.1, 0.15) is 11.5 Å². The molecule has 21 heavy (non-hydrogen) atoms. The fourth-order valence-electron chi connectivity index (χ4n) is 2.56. The first-order valence-electron chi connectivity index (χ1n) is 7.42. The van der Waals surface area contributed by atoms with Crippen LogP contribution in [0.2, 0.25) is 0 Å². The lowest BCUT2D eigenvalue weighted by Gasteiger charge is -2.23. The Morgan fingerprint density at radius 3 is 2.52 bits per heavy atom. The Balaban J connectivity index is 2.14. The van der Waals surface area contributed by atoms with E-state index in [4.69, 9.17) is 15.2 Å². The molecule has 1 aromatic carbocycles. The predicted molar refractivity (Wildman–Crippen MR) is 81.5 cm³/mol. The summed E-state index contributed by atoms with van der Waals surface area (Å²) >= 11 is 0. The van der Waals surface area contributed by atoms with Crippen LogP contribution < -0.4 is 15.2 Å². The van der Waals surface area contributed by atoms with Gasteiger partial charge in [-0.3, -0.25) is 4.79 Å². The highest BCUT2D eigenvalue weighted by molar-refractivity contribution is 5.81. The topological polar surface area (TPSA) is 64.8 Å². The first-order chi connectivity index (χ1) is 10.0. The molecule has 1 saturated heterocycles. The summed E-state index contributed by atoms with van der Waals surface area (Å²) in [5.74, 6) is 1.34. The molecule has 0 aromatic heterocycles. The standard InChI is InChI=1S/C16H24N2O3/c1-11(17)14-7-6-13(20-3)10-15(14)21-12(2)16(19)18-8-4-5-9-18/h6-7,10-12H,4-5,8-9,17H2,1-3H3/t11-,12?/m0/s1. The van der Waals surface area contributed by atoms with E-state index < -0.39 is 6.10 Å². The molecule has 1 heterocycles. The molecule has 2 N–H and O–H groups in total. The summed E-state index contributed by atoms with van der Waals surface area (Å²) in [4.78, 5) is 14.2. The highest BCUT2D eigenvalue weighted by atomic mass is 16.5. The highest BCUT2D eigenvalue weighted by Gasteiger charge is 2.25. The number of nitrogens with two attached hydrogens (primary N) is 1. The van der Waals surface area contributed by atoms with Crippen LogP contribution in [0.1, 0.15) is 38.3 Å². The van der Waals surface area contributed by atoms with Crippen LogP contribution in [0.4, 0.5) is 0 Å². The molecule has 1 aromatic rings. The average Bonchev–Trinajstić information content (AvgIpc) is 3.00. The molecule has 0 bridgehead atoms. The fraction of sp³-hybridized carbons (Fsp3) is 0.562. The molecule has 0 spiro atoms. The van der Waals surface area contributed by atoms with Gasteiger partial charge in [0.15, 0.2) is 6.10 Å². The molecule has 0 saturated carbocycles. The molecular formula is C16H24N2O3. The van der Waals surface area contributed by atoms with Crippen LogP contribution in [-0.2, 0) is 4.79 Å². The van der Waals surface area contributed by atoms with Crippen molar-refractivity contribution in [2.75, 3.05) is 20.2 Å². The van der Waals surface area contributed by atoms with Crippen molar-refractivity contribution in [1.29, 1.82) is 0 Å². The number of methoxy groups -OCH3 is 1. The van der Waals surface area contributed by atoms with Crippen LogP contribution in [0.25, 0.3) is 0 Å². The fourth-order valence-corrected chi connectivity index (χ4v) is 2.56. The van der Waals surface area contributed by atoms with Crippen molar-refractivity contribution in [3.8, 4) is 11.5 Å². The number of nitrogens with zero attached hydrogens (tertiary/aromatic N) is 1. The number of amides is 1. The SMILES string of the molecule is COc1ccc([C@H](C)N)c(OC(C)C(=O)N2CCCC2)c1. The second kappa shape index (κ2) is 6.80. The second-order valence-electron chi connectivity index (χ2n) is 5.48. The Kier molecular flexibility index (Phi) is 5.07. The van der Waals surface area contributed by atoms with Crippen molar-refractivity contribution in [2.24, 2.45) is 5.73 Å². The van der Waals surface area contributed by atoms with Gasteiger partial charge in [-0.15, -0.1) is 0 Å². The van der Waals surface area contributed by atoms with Gasteiger partial charge >= 0.3 is 0 Å². The maximum Gasteiger partial charge on any atom is 0.263 e. The minimum atomic E-state index is -0.521. The quantitative estimate of drug-likeness (QED) is 0.902. The third-order valence-electron chi connectivity index (χ3n) is 3.78. The number of carbonyl (C=O) groups is 1. The lowest BCUT2D eigenvalue weighted by Crippen LogP contribution is -2.38. The molecule has 1 aliphatic rings. The number of hydrogen-bond donors (Lipinski definition) is 1. The van der Waals surface area contributed by atoms with Crippen molar-refractivity contribution >= 4 is 5.91 Å². The Labute approximate surface area is 126 Å². The lowest BCUT2D eigenvalue weighted by molar-refractivity contribution is -0.136. The zero-order chi connectivity index (χ0) is 15.4. The monoisotopic (exact) mass is 292 g/mol. The van der Waals surface area contributed by atoms with E-state index in [9.17, 15) is 4.79 Å². The minimum Gasteiger partial charge on any atom is -0.497 e. The maximum absolute atomic E-state index is 12.3. The Morgan fingerprint density at radius 1 is 1.29 bits per heavy atom. The van der Waals surface area contributed by atoms with Crippen LogP contribution in [0, 0.1) is 0 Å². The third kappa shape index (κ3) is 3.67. The van der Waals surface area contributed by atoms with Crippen molar-refractivity contribution in [1.82, 2.24) is 4.90 Å². The van der Waals surface area contributed by atoms with E-state index >= 15 is 0 Å². The number of ether oxygens (including phenoxy) is 2. The molecule has 0 radical (unpaired) electrons. The van der Waals surface area contributed by atoms with Gasteiger partial charge in [0, 0.05) is 30.8 Å². The van der Waals surface area contributed by atoms with Crippen LogP contribution in [0.3, 0.4) is 0 Å². The van der Waals surface area contributed by atoms with Crippen LogP contribution in [0.5, 0.6) is 11.5 Å². The van der Waals surface area contributed by atoms with Crippen molar-refractivity contribution in [3.05, 3.63) is 23.8 Å². The minimum absolute atomic E-state index is 0.0333. The van der Waals surface area contributed by atoms with Gasteiger partial charge in [0.05, 0.1) is 7.11 Å². The number of rotatable bonds is 5. The van der Waals surface area contributed by atoms with E-state index in [-0.39, 0.29) is 11.9 Å². The van der Waals surface area contributed by atoms with E-state index in [0.29, 0.717) is 11.5 Å². The van der Waals surface area contributed by atoms with E-state index in [1.807, 2.05) is 24.0 Å². The predicted octanol–water partition coefficient (Wildman–Crippen LogP) is 2.10. The van der Waals surface area contributed by atoms with Crippen LogP contribution in [-0.4, -0.2) is 37.1 Å². The smallest absolute Gasteiger partial charge is 0.263 e. The Hall–Kier alpha value is -1.75. The number of benzene rings is 1. The van der Waals surface area contributed by atoms with E-state index in [2.05, 4.69) is 0 Å². The summed E-state index contributed by atoms with van der Waals surface area (Å²) in [6.07, 6.45) is 1.62. The molecule has 1 unspecified atom stereocenters. The summed E-state index contributed by atoms with van der Waals surface area (Å²) in [6.45, 7) is 5.32. The van der Waals surface area contributed by atoms with Crippen LogP contribution >= 0.6 is 0 Å². The van der Waals surface area contributed by atoms with Crippen molar-refractivity contribution < 1.29 is 14.3 Å². The van der Waals surface area contributed by atoms with Crippen molar-refractivity contribution in [3.63, 3.8) is 0 Å². The van der Waals surface area contributed by atoms with Gasteiger partial charge in [-0.2, -0.15) is 0 Å². The Bertz CT molecular complexity index is 496. The van der Waals surface area contributed by atoms with Gasteiger partial charge < -0.3 is 20.1 Å². The first-order valence-corrected chi connectivity index (χ1v) is 7.42. The van der Waals surface area contributed by atoms with Gasteiger partial charge in [0.25, 0.3) is 5.91 Å². The first kappa shape index (κ1) is 15.6. The highest BCUT2D eigenvalue weighted by Crippen LogP contribution is 2.29. The molecule has 2 rings (SSSR count). The van der Waals surface area contributed by atoms with Gasteiger partial charge in [0.2, 0.25) is 0 Å². The maximum atomic E-state index is 12.3. The van der Waals surface area contributed by atoms with Crippen LogP contribution in [0.15, 0.2) is 18.2 Å². The third-order valence-corrected chi connectivity index (χ3v) is 3.78. The molecule has 5 nitrogen and oxygen atoms in total. The summed E-state index contributed by atoms with van der Waals surface area (Å²) < 4.78 is 11.1. The van der Waals surface area contributed by atoms with Gasteiger partial charge in [-0.1, -0.05) is 6.07 Å². The Morgan fingerprint density at radius 2 is 1.95 bits per heavy atom. The van der Waals surface area contributed by atoms with E-state index in [0.717, 1.165) is 31.5 Å². The summed E-state index contributed by atoms with van der Waals surface area (Å²) in [5, 5.41) is 0. The summed E-state index contributed by atoms with van der Waals surface area (Å²) in [7, 11) is 1.60. The normalized spacial score (nSPS) is 17.4. The van der Waals surface area contributed by atoms with E-state index in [1.54, 1.807) is 20.1 Å². The van der Waals surface area contributed by atoms with Gasteiger partial charge in [-0.05, 0) is 32.8 Å². The molecule has 1 fully saturated rings.